The van der Waals surface area contributed by atoms with E-state index in [9.17, 15) is 14.4 Å². The van der Waals surface area contributed by atoms with Crippen LogP contribution in [-0.2, 0) is 14.3 Å². The highest BCUT2D eigenvalue weighted by atomic mass is 32.2. The summed E-state index contributed by atoms with van der Waals surface area (Å²) in [6, 6.07) is 6.99. The lowest BCUT2D eigenvalue weighted by Crippen LogP contribution is -2.45. The second kappa shape index (κ2) is 8.01. The van der Waals surface area contributed by atoms with Gasteiger partial charge in [-0.1, -0.05) is 0 Å². The number of carbonyl (C=O) groups is 3. The number of amides is 2. The van der Waals surface area contributed by atoms with Gasteiger partial charge in [-0.3, -0.25) is 9.59 Å². The Bertz CT molecular complexity index is 588. The van der Waals surface area contributed by atoms with Crippen molar-refractivity contribution in [1.29, 1.82) is 0 Å². The zero-order valence-electron chi connectivity index (χ0n) is 13.0. The topological polar surface area (TPSA) is 89.7 Å². The van der Waals surface area contributed by atoms with Gasteiger partial charge in [0.15, 0.2) is 6.61 Å². The van der Waals surface area contributed by atoms with Gasteiger partial charge in [-0.2, -0.15) is 0 Å². The number of piperidine rings is 1. The minimum Gasteiger partial charge on any atom is -0.452 e. The standard InChI is InChI=1S/C16H20N2O4S/c1-23-13-6-4-11(5-7-13)16(21)22-10-14(19)18-8-2-3-12(9-18)15(17)20/h4-7,12H,2-3,8-10H2,1H3,(H2,17,20)/t12-/m1/s1. The van der Waals surface area contributed by atoms with E-state index in [0.29, 0.717) is 25.1 Å². The van der Waals surface area contributed by atoms with Gasteiger partial charge in [0, 0.05) is 18.0 Å². The zero-order valence-corrected chi connectivity index (χ0v) is 13.8. The van der Waals surface area contributed by atoms with E-state index >= 15 is 0 Å². The summed E-state index contributed by atoms with van der Waals surface area (Å²) in [6.07, 6.45) is 3.37. The summed E-state index contributed by atoms with van der Waals surface area (Å²) in [7, 11) is 0. The number of thioether (sulfide) groups is 1. The number of rotatable bonds is 5. The van der Waals surface area contributed by atoms with Gasteiger partial charge in [-0.15, -0.1) is 11.8 Å². The molecule has 1 atom stereocenters. The van der Waals surface area contributed by atoms with Crippen molar-refractivity contribution in [3.05, 3.63) is 29.8 Å². The molecule has 1 aliphatic heterocycles. The molecular formula is C16H20N2O4S. The highest BCUT2D eigenvalue weighted by Gasteiger charge is 2.27. The molecule has 23 heavy (non-hydrogen) atoms. The van der Waals surface area contributed by atoms with Gasteiger partial charge < -0.3 is 15.4 Å². The molecule has 2 amide bonds. The lowest BCUT2D eigenvalue weighted by atomic mass is 9.97. The van der Waals surface area contributed by atoms with E-state index in [0.717, 1.165) is 11.3 Å². The van der Waals surface area contributed by atoms with Crippen LogP contribution in [0.25, 0.3) is 0 Å². The van der Waals surface area contributed by atoms with Crippen LogP contribution >= 0.6 is 11.8 Å². The van der Waals surface area contributed by atoms with E-state index in [-0.39, 0.29) is 18.4 Å². The molecule has 1 aromatic carbocycles. The second-order valence-electron chi connectivity index (χ2n) is 5.39. The Balaban J connectivity index is 1.85. The molecule has 0 radical (unpaired) electrons. The van der Waals surface area contributed by atoms with Crippen molar-refractivity contribution in [2.24, 2.45) is 11.7 Å². The Labute approximate surface area is 139 Å². The molecule has 0 aromatic heterocycles. The summed E-state index contributed by atoms with van der Waals surface area (Å²) in [5.74, 6) is -1.55. The van der Waals surface area contributed by atoms with Crippen LogP contribution in [0.5, 0.6) is 0 Å². The molecule has 1 fully saturated rings. The third-order valence-corrected chi connectivity index (χ3v) is 4.57. The Kier molecular flexibility index (Phi) is 6.04. The number of ether oxygens (including phenoxy) is 1. The van der Waals surface area contributed by atoms with E-state index in [1.54, 1.807) is 23.9 Å². The molecule has 1 aromatic rings. The molecule has 2 rings (SSSR count). The maximum absolute atomic E-state index is 12.1. The maximum Gasteiger partial charge on any atom is 0.338 e. The van der Waals surface area contributed by atoms with Gasteiger partial charge in [0.05, 0.1) is 11.5 Å². The molecule has 6 nitrogen and oxygen atoms in total. The van der Waals surface area contributed by atoms with Gasteiger partial charge in [0.2, 0.25) is 5.91 Å². The largest absolute Gasteiger partial charge is 0.452 e. The first-order valence-electron chi connectivity index (χ1n) is 7.39. The van der Waals surface area contributed by atoms with Gasteiger partial charge in [-0.05, 0) is 43.4 Å². The van der Waals surface area contributed by atoms with E-state index in [1.807, 2.05) is 18.4 Å². The first-order chi connectivity index (χ1) is 11.0. The molecule has 124 valence electrons. The molecule has 1 saturated heterocycles. The van der Waals surface area contributed by atoms with Crippen LogP contribution in [0, 0.1) is 5.92 Å². The molecule has 0 unspecified atom stereocenters. The molecular weight excluding hydrogens is 316 g/mol. The van der Waals surface area contributed by atoms with Gasteiger partial charge >= 0.3 is 5.97 Å². The summed E-state index contributed by atoms with van der Waals surface area (Å²) in [4.78, 5) is 37.8. The smallest absolute Gasteiger partial charge is 0.338 e. The Morgan fingerprint density at radius 1 is 1.30 bits per heavy atom. The Morgan fingerprint density at radius 3 is 2.61 bits per heavy atom. The average Bonchev–Trinajstić information content (AvgIpc) is 2.59. The quantitative estimate of drug-likeness (QED) is 0.646. The van der Waals surface area contributed by atoms with Crippen molar-refractivity contribution in [2.45, 2.75) is 17.7 Å². The lowest BCUT2D eigenvalue weighted by molar-refractivity contribution is -0.137. The van der Waals surface area contributed by atoms with Crippen LogP contribution in [0.15, 0.2) is 29.2 Å². The fraction of sp³-hybridized carbons (Fsp3) is 0.438. The summed E-state index contributed by atoms with van der Waals surface area (Å²) in [5, 5.41) is 0. The predicted molar refractivity (Wildman–Crippen MR) is 87.0 cm³/mol. The van der Waals surface area contributed by atoms with Crippen molar-refractivity contribution >= 4 is 29.5 Å². The van der Waals surface area contributed by atoms with Gasteiger partial charge in [-0.25, -0.2) is 4.79 Å². The van der Waals surface area contributed by atoms with Crippen molar-refractivity contribution in [1.82, 2.24) is 4.90 Å². The first kappa shape index (κ1) is 17.3. The molecule has 0 spiro atoms. The first-order valence-corrected chi connectivity index (χ1v) is 8.62. The second-order valence-corrected chi connectivity index (χ2v) is 6.27. The molecule has 0 aliphatic carbocycles. The number of nitrogens with zero attached hydrogens (tertiary/aromatic N) is 1. The number of primary amides is 1. The van der Waals surface area contributed by atoms with Crippen molar-refractivity contribution in [2.75, 3.05) is 26.0 Å². The highest BCUT2D eigenvalue weighted by Crippen LogP contribution is 2.17. The van der Waals surface area contributed by atoms with Gasteiger partial charge in [0.1, 0.15) is 0 Å². The lowest BCUT2D eigenvalue weighted by Gasteiger charge is -2.31. The van der Waals surface area contributed by atoms with E-state index in [2.05, 4.69) is 0 Å². The van der Waals surface area contributed by atoms with Gasteiger partial charge in [0.25, 0.3) is 5.91 Å². The molecule has 7 heteroatoms. The maximum atomic E-state index is 12.1. The van der Waals surface area contributed by atoms with E-state index in [1.165, 1.54) is 4.90 Å². The van der Waals surface area contributed by atoms with Crippen molar-refractivity contribution in [3.63, 3.8) is 0 Å². The van der Waals surface area contributed by atoms with Crippen molar-refractivity contribution < 1.29 is 19.1 Å². The Morgan fingerprint density at radius 2 is 2.00 bits per heavy atom. The SMILES string of the molecule is CSc1ccc(C(=O)OCC(=O)N2CCC[C@@H](C(N)=O)C2)cc1. The monoisotopic (exact) mass is 336 g/mol. The van der Waals surface area contributed by atoms with E-state index < -0.39 is 11.9 Å². The van der Waals surface area contributed by atoms with Crippen LogP contribution in [0.3, 0.4) is 0 Å². The third kappa shape index (κ3) is 4.72. The van der Waals surface area contributed by atoms with Crippen LogP contribution in [0.2, 0.25) is 0 Å². The normalized spacial score (nSPS) is 17.6. The Hall–Kier alpha value is -2.02. The summed E-state index contributed by atoms with van der Waals surface area (Å²) in [5.41, 5.74) is 5.69. The summed E-state index contributed by atoms with van der Waals surface area (Å²) in [6.45, 7) is 0.533. The molecule has 0 saturated carbocycles. The van der Waals surface area contributed by atoms with Crippen LogP contribution in [0.1, 0.15) is 23.2 Å². The third-order valence-electron chi connectivity index (χ3n) is 3.83. The van der Waals surface area contributed by atoms with Crippen LogP contribution < -0.4 is 5.73 Å². The number of esters is 1. The minimum absolute atomic E-state index is 0.300. The van der Waals surface area contributed by atoms with Crippen LogP contribution in [-0.4, -0.2) is 48.6 Å². The number of benzene rings is 1. The zero-order chi connectivity index (χ0) is 16.8. The van der Waals surface area contributed by atoms with E-state index in [4.69, 9.17) is 10.5 Å². The summed E-state index contributed by atoms with van der Waals surface area (Å²) >= 11 is 1.58. The van der Waals surface area contributed by atoms with Crippen molar-refractivity contribution in [3.8, 4) is 0 Å². The number of hydrogen-bond donors (Lipinski definition) is 1. The fourth-order valence-corrected chi connectivity index (χ4v) is 2.87. The molecule has 1 heterocycles. The highest BCUT2D eigenvalue weighted by molar-refractivity contribution is 7.98. The fourth-order valence-electron chi connectivity index (χ4n) is 2.46. The number of nitrogens with two attached hydrogens (primary N) is 1. The number of carbonyl (C=O) groups excluding carboxylic acids is 3. The minimum atomic E-state index is -0.533. The number of likely N-dealkylation sites (tertiary alicyclic amines) is 1. The molecule has 2 N–H and O–H groups in total. The number of hydrogen-bond acceptors (Lipinski definition) is 5. The summed E-state index contributed by atoms with van der Waals surface area (Å²) < 4.78 is 5.06. The molecule has 0 bridgehead atoms. The van der Waals surface area contributed by atoms with Crippen LogP contribution in [0.4, 0.5) is 0 Å². The molecule has 1 aliphatic rings. The predicted octanol–water partition coefficient (Wildman–Crippen LogP) is 1.29. The average molecular weight is 336 g/mol.